The van der Waals surface area contributed by atoms with E-state index in [1.807, 2.05) is 19.0 Å². The Hall–Kier alpha value is -2.87. The molecule has 0 saturated heterocycles. The number of nitrogens with one attached hydrogen (secondary N) is 3. The summed E-state index contributed by atoms with van der Waals surface area (Å²) in [6.45, 7) is 0.192. The molecule has 8 heteroatoms. The van der Waals surface area contributed by atoms with Gasteiger partial charge in [-0.05, 0) is 26.2 Å². The zero-order valence-electron chi connectivity index (χ0n) is 12.8. The van der Waals surface area contributed by atoms with Crippen LogP contribution in [0.5, 0.6) is 0 Å². The lowest BCUT2D eigenvalue weighted by Gasteiger charge is -2.22. The summed E-state index contributed by atoms with van der Waals surface area (Å²) < 4.78 is 5.32. The van der Waals surface area contributed by atoms with E-state index in [9.17, 15) is 14.4 Å². The van der Waals surface area contributed by atoms with Gasteiger partial charge < -0.3 is 20.0 Å². The van der Waals surface area contributed by atoms with Gasteiger partial charge in [-0.15, -0.1) is 0 Å². The van der Waals surface area contributed by atoms with E-state index in [1.54, 1.807) is 18.4 Å². The highest BCUT2D eigenvalue weighted by Crippen LogP contribution is 2.17. The zero-order chi connectivity index (χ0) is 16.8. The maximum atomic E-state index is 11.9. The van der Waals surface area contributed by atoms with Gasteiger partial charge in [0, 0.05) is 25.0 Å². The Balaban J connectivity index is 1.94. The predicted molar refractivity (Wildman–Crippen MR) is 83.8 cm³/mol. The summed E-state index contributed by atoms with van der Waals surface area (Å²) in [4.78, 5) is 39.7. The van der Waals surface area contributed by atoms with Crippen molar-refractivity contribution in [2.24, 2.45) is 0 Å². The van der Waals surface area contributed by atoms with Crippen LogP contribution in [0, 0.1) is 0 Å². The van der Waals surface area contributed by atoms with Crippen molar-refractivity contribution in [2.75, 3.05) is 26.0 Å². The molecular weight excluding hydrogens is 300 g/mol. The van der Waals surface area contributed by atoms with Crippen molar-refractivity contribution in [3.63, 3.8) is 0 Å². The Morgan fingerprint density at radius 2 is 2.09 bits per heavy atom. The van der Waals surface area contributed by atoms with Gasteiger partial charge in [-0.1, -0.05) is 0 Å². The SMILES string of the molecule is CN(C)C(CNC(=O)C(=O)Nc1c[nH]ccc1=O)c1ccco1. The molecule has 0 radical (unpaired) electrons. The van der Waals surface area contributed by atoms with Crippen molar-refractivity contribution < 1.29 is 14.0 Å². The van der Waals surface area contributed by atoms with Gasteiger partial charge in [0.05, 0.1) is 12.3 Å². The molecule has 23 heavy (non-hydrogen) atoms. The topological polar surface area (TPSA) is 107 Å². The van der Waals surface area contributed by atoms with Crippen LogP contribution in [-0.2, 0) is 9.59 Å². The van der Waals surface area contributed by atoms with Crippen molar-refractivity contribution in [3.8, 4) is 0 Å². The second kappa shape index (κ2) is 7.41. The minimum atomic E-state index is -0.904. The quantitative estimate of drug-likeness (QED) is 0.689. The molecule has 2 aromatic heterocycles. The standard InChI is InChI=1S/C15H18N4O4/c1-19(2)11(13-4-3-7-23-13)9-17-14(21)15(22)18-10-8-16-6-5-12(10)20/h3-8,11H,9H2,1-2H3,(H,16,20)(H,17,21)(H,18,22). The Kier molecular flexibility index (Phi) is 5.32. The predicted octanol–water partition coefficient (Wildman–Crippen LogP) is 0.326. The van der Waals surface area contributed by atoms with Crippen molar-refractivity contribution in [2.45, 2.75) is 6.04 Å². The Morgan fingerprint density at radius 1 is 1.30 bits per heavy atom. The van der Waals surface area contributed by atoms with E-state index >= 15 is 0 Å². The monoisotopic (exact) mass is 318 g/mol. The second-order valence-corrected chi connectivity index (χ2v) is 5.08. The molecule has 0 fully saturated rings. The van der Waals surface area contributed by atoms with Gasteiger partial charge in [0.15, 0.2) is 0 Å². The zero-order valence-corrected chi connectivity index (χ0v) is 12.8. The summed E-state index contributed by atoms with van der Waals surface area (Å²) in [5, 5.41) is 4.79. The Bertz CT molecular complexity index is 721. The van der Waals surface area contributed by atoms with Crippen LogP contribution in [0.4, 0.5) is 5.69 Å². The summed E-state index contributed by atoms with van der Waals surface area (Å²) in [7, 11) is 3.67. The third-order valence-electron chi connectivity index (χ3n) is 3.23. The van der Waals surface area contributed by atoms with Gasteiger partial charge in [-0.2, -0.15) is 0 Å². The largest absolute Gasteiger partial charge is 0.468 e. The first-order valence-electron chi connectivity index (χ1n) is 6.95. The van der Waals surface area contributed by atoms with E-state index in [-0.39, 0.29) is 23.7 Å². The molecule has 8 nitrogen and oxygen atoms in total. The van der Waals surface area contributed by atoms with Crippen LogP contribution in [0.2, 0.25) is 0 Å². The maximum Gasteiger partial charge on any atom is 0.313 e. The number of aromatic amines is 1. The number of carbonyl (C=O) groups is 2. The number of pyridine rings is 1. The number of furan rings is 1. The number of carbonyl (C=O) groups excluding carboxylic acids is 2. The molecule has 122 valence electrons. The van der Waals surface area contributed by atoms with Gasteiger partial charge in [0.2, 0.25) is 5.43 Å². The first-order chi connectivity index (χ1) is 11.0. The van der Waals surface area contributed by atoms with Crippen LogP contribution in [0.1, 0.15) is 11.8 Å². The number of anilines is 1. The molecule has 0 aliphatic rings. The van der Waals surface area contributed by atoms with E-state index < -0.39 is 11.8 Å². The number of amides is 2. The van der Waals surface area contributed by atoms with Crippen LogP contribution >= 0.6 is 0 Å². The van der Waals surface area contributed by atoms with Crippen molar-refractivity contribution in [1.29, 1.82) is 0 Å². The number of likely N-dealkylation sites (N-methyl/N-ethyl adjacent to an activating group) is 1. The highest BCUT2D eigenvalue weighted by atomic mass is 16.3. The van der Waals surface area contributed by atoms with E-state index in [2.05, 4.69) is 15.6 Å². The van der Waals surface area contributed by atoms with Gasteiger partial charge in [0.1, 0.15) is 11.4 Å². The summed E-state index contributed by atoms with van der Waals surface area (Å²) in [6, 6.07) is 4.59. The minimum absolute atomic E-state index is 0.0165. The van der Waals surface area contributed by atoms with Gasteiger partial charge in [-0.25, -0.2) is 0 Å². The Morgan fingerprint density at radius 3 is 2.70 bits per heavy atom. The maximum absolute atomic E-state index is 11.9. The molecule has 3 N–H and O–H groups in total. The summed E-state index contributed by atoms with van der Waals surface area (Å²) >= 11 is 0. The molecule has 2 heterocycles. The number of aromatic nitrogens is 1. The fraction of sp³-hybridized carbons (Fsp3) is 0.267. The fourth-order valence-corrected chi connectivity index (χ4v) is 1.98. The molecule has 2 amide bonds. The lowest BCUT2D eigenvalue weighted by Crippen LogP contribution is -2.40. The molecule has 0 bridgehead atoms. The molecule has 2 rings (SSSR count). The first-order valence-corrected chi connectivity index (χ1v) is 6.95. The second-order valence-electron chi connectivity index (χ2n) is 5.08. The van der Waals surface area contributed by atoms with Gasteiger partial charge >= 0.3 is 11.8 Å². The molecular formula is C15H18N4O4. The third-order valence-corrected chi connectivity index (χ3v) is 3.23. The van der Waals surface area contributed by atoms with Gasteiger partial charge in [-0.3, -0.25) is 19.3 Å². The molecule has 0 aliphatic heterocycles. The molecule has 0 spiro atoms. The molecule has 0 saturated carbocycles. The van der Waals surface area contributed by atoms with Gasteiger partial charge in [0.25, 0.3) is 0 Å². The molecule has 1 unspecified atom stereocenters. The highest BCUT2D eigenvalue weighted by Gasteiger charge is 2.21. The smallest absolute Gasteiger partial charge is 0.313 e. The molecule has 1 atom stereocenters. The number of hydrogen-bond donors (Lipinski definition) is 3. The Labute approximate surface area is 132 Å². The molecule has 0 aliphatic carbocycles. The normalized spacial score (nSPS) is 12.0. The van der Waals surface area contributed by atoms with Crippen molar-refractivity contribution in [1.82, 2.24) is 15.2 Å². The van der Waals surface area contributed by atoms with Crippen LogP contribution < -0.4 is 16.1 Å². The number of H-pyrrole nitrogens is 1. The average Bonchev–Trinajstić information content (AvgIpc) is 3.03. The first kappa shape index (κ1) is 16.5. The van der Waals surface area contributed by atoms with E-state index in [1.165, 1.54) is 18.5 Å². The summed E-state index contributed by atoms with van der Waals surface area (Å²) in [5.74, 6) is -1.06. The average molecular weight is 318 g/mol. The molecule has 0 aromatic carbocycles. The number of nitrogens with zero attached hydrogens (tertiary/aromatic N) is 1. The minimum Gasteiger partial charge on any atom is -0.468 e. The lowest BCUT2D eigenvalue weighted by atomic mass is 10.2. The van der Waals surface area contributed by atoms with Crippen molar-refractivity contribution >= 4 is 17.5 Å². The summed E-state index contributed by atoms with van der Waals surface area (Å²) in [5.41, 5.74) is -0.366. The van der Waals surface area contributed by atoms with Crippen molar-refractivity contribution in [3.05, 3.63) is 52.8 Å². The molecule has 2 aromatic rings. The fourth-order valence-electron chi connectivity index (χ4n) is 1.98. The van der Waals surface area contributed by atoms with Crippen LogP contribution in [-0.4, -0.2) is 42.3 Å². The number of rotatable bonds is 5. The van der Waals surface area contributed by atoms with E-state index in [0.29, 0.717) is 5.76 Å². The van der Waals surface area contributed by atoms with Crippen LogP contribution in [0.15, 0.2) is 46.1 Å². The van der Waals surface area contributed by atoms with E-state index in [0.717, 1.165) is 0 Å². The van der Waals surface area contributed by atoms with Crippen LogP contribution in [0.25, 0.3) is 0 Å². The number of hydrogen-bond acceptors (Lipinski definition) is 5. The summed E-state index contributed by atoms with van der Waals surface area (Å²) in [6.07, 6.45) is 4.30. The highest BCUT2D eigenvalue weighted by molar-refractivity contribution is 6.39. The van der Waals surface area contributed by atoms with Crippen LogP contribution in [0.3, 0.4) is 0 Å². The van der Waals surface area contributed by atoms with E-state index in [4.69, 9.17) is 4.42 Å². The lowest BCUT2D eigenvalue weighted by molar-refractivity contribution is -0.136. The third kappa shape index (κ3) is 4.30.